The Labute approximate surface area is 94.6 Å². The summed E-state index contributed by atoms with van der Waals surface area (Å²) in [5.74, 6) is 0.170. The van der Waals surface area contributed by atoms with E-state index >= 15 is 0 Å². The molecule has 0 saturated heterocycles. The van der Waals surface area contributed by atoms with Crippen LogP contribution in [0.15, 0.2) is 35.3 Å². The van der Waals surface area contributed by atoms with Gasteiger partial charge in [0.25, 0.3) is 0 Å². The predicted octanol–water partition coefficient (Wildman–Crippen LogP) is 1.97. The summed E-state index contributed by atoms with van der Waals surface area (Å²) in [5, 5.41) is 0. The van der Waals surface area contributed by atoms with E-state index in [9.17, 15) is 4.79 Å². The fourth-order valence-corrected chi connectivity index (χ4v) is 0.928. The fourth-order valence-electron chi connectivity index (χ4n) is 0.928. The summed E-state index contributed by atoms with van der Waals surface area (Å²) in [6, 6.07) is 9.06. The van der Waals surface area contributed by atoms with Crippen molar-refractivity contribution in [1.82, 2.24) is 0 Å². The van der Waals surface area contributed by atoms with Crippen LogP contribution in [-0.2, 0) is 4.74 Å². The molecule has 1 amide bonds. The number of carbonyl (C=O) groups is 1. The highest BCUT2D eigenvalue weighted by atomic mass is 35.5. The van der Waals surface area contributed by atoms with Gasteiger partial charge in [-0.05, 0) is 6.92 Å². The van der Waals surface area contributed by atoms with Crippen LogP contribution >= 0.6 is 12.4 Å². The predicted molar refractivity (Wildman–Crippen MR) is 61.4 cm³/mol. The van der Waals surface area contributed by atoms with Crippen molar-refractivity contribution in [2.75, 3.05) is 6.61 Å². The lowest BCUT2D eigenvalue weighted by atomic mass is 10.2. The van der Waals surface area contributed by atoms with E-state index in [1.165, 1.54) is 0 Å². The van der Waals surface area contributed by atoms with Crippen molar-refractivity contribution in [2.24, 2.45) is 10.7 Å². The lowest BCUT2D eigenvalue weighted by Crippen LogP contribution is -2.16. The number of carbonyl (C=O) groups excluding carboxylic acids is 1. The SMILES string of the molecule is CCOC(=O)N=C(N)c1ccccc1.Cl. The van der Waals surface area contributed by atoms with Crippen molar-refractivity contribution in [3.05, 3.63) is 35.9 Å². The molecule has 0 aliphatic carbocycles. The number of ether oxygens (including phenoxy) is 1. The maximum absolute atomic E-state index is 10.9. The van der Waals surface area contributed by atoms with Crippen molar-refractivity contribution in [3.8, 4) is 0 Å². The lowest BCUT2D eigenvalue weighted by molar-refractivity contribution is 0.163. The molecule has 1 aromatic rings. The molecule has 4 nitrogen and oxygen atoms in total. The number of halogens is 1. The molecule has 0 aromatic heterocycles. The zero-order valence-electron chi connectivity index (χ0n) is 8.34. The molecule has 1 rings (SSSR count). The van der Waals surface area contributed by atoms with Gasteiger partial charge in [-0.1, -0.05) is 30.3 Å². The van der Waals surface area contributed by atoms with Crippen LogP contribution < -0.4 is 5.73 Å². The number of rotatable bonds is 2. The Bertz CT molecular complexity index is 339. The van der Waals surface area contributed by atoms with Gasteiger partial charge < -0.3 is 10.5 Å². The monoisotopic (exact) mass is 228 g/mol. The van der Waals surface area contributed by atoms with Crippen molar-refractivity contribution in [2.45, 2.75) is 6.92 Å². The van der Waals surface area contributed by atoms with Crippen LogP contribution in [0.1, 0.15) is 12.5 Å². The third kappa shape index (κ3) is 4.46. The van der Waals surface area contributed by atoms with Crippen LogP contribution in [0.5, 0.6) is 0 Å². The summed E-state index contributed by atoms with van der Waals surface area (Å²) in [7, 11) is 0. The van der Waals surface area contributed by atoms with Crippen LogP contribution in [0, 0.1) is 0 Å². The normalized spacial score (nSPS) is 10.3. The van der Waals surface area contributed by atoms with Gasteiger partial charge in [-0.15, -0.1) is 12.4 Å². The molecule has 2 N–H and O–H groups in total. The van der Waals surface area contributed by atoms with Gasteiger partial charge in [-0.25, -0.2) is 4.79 Å². The Morgan fingerprint density at radius 2 is 2.00 bits per heavy atom. The van der Waals surface area contributed by atoms with E-state index in [2.05, 4.69) is 9.73 Å². The van der Waals surface area contributed by atoms with E-state index in [0.717, 1.165) is 0 Å². The molecule has 0 aliphatic rings. The number of amides is 1. The second-order valence-corrected chi connectivity index (χ2v) is 2.56. The topological polar surface area (TPSA) is 64.7 Å². The zero-order chi connectivity index (χ0) is 10.4. The first kappa shape index (κ1) is 13.5. The molecule has 15 heavy (non-hydrogen) atoms. The molecule has 0 heterocycles. The molecular formula is C10H13ClN2O2. The van der Waals surface area contributed by atoms with Gasteiger partial charge in [0.15, 0.2) is 0 Å². The number of benzene rings is 1. The maximum Gasteiger partial charge on any atom is 0.435 e. The van der Waals surface area contributed by atoms with E-state index < -0.39 is 6.09 Å². The Morgan fingerprint density at radius 3 is 2.53 bits per heavy atom. The number of hydrogen-bond donors (Lipinski definition) is 1. The van der Waals surface area contributed by atoms with Crippen LogP contribution in [0.2, 0.25) is 0 Å². The maximum atomic E-state index is 10.9. The molecule has 0 spiro atoms. The van der Waals surface area contributed by atoms with Gasteiger partial charge in [0.1, 0.15) is 5.84 Å². The first-order valence-corrected chi connectivity index (χ1v) is 4.30. The molecule has 1 aromatic carbocycles. The van der Waals surface area contributed by atoms with E-state index in [4.69, 9.17) is 5.73 Å². The Morgan fingerprint density at radius 1 is 1.40 bits per heavy atom. The summed E-state index contributed by atoms with van der Waals surface area (Å²) in [5.41, 5.74) is 6.28. The Hall–Kier alpha value is -1.55. The fraction of sp³-hybridized carbons (Fsp3) is 0.200. The first-order chi connectivity index (χ1) is 6.74. The van der Waals surface area contributed by atoms with Crippen molar-refractivity contribution < 1.29 is 9.53 Å². The van der Waals surface area contributed by atoms with Crippen LogP contribution in [0.4, 0.5) is 4.79 Å². The number of nitrogens with zero attached hydrogens (tertiary/aromatic N) is 1. The average molecular weight is 229 g/mol. The quantitative estimate of drug-likeness (QED) is 0.622. The minimum Gasteiger partial charge on any atom is -0.448 e. The minimum absolute atomic E-state index is 0. The van der Waals surface area contributed by atoms with Crippen molar-refractivity contribution >= 4 is 24.3 Å². The average Bonchev–Trinajstić information content (AvgIpc) is 2.19. The molecular weight excluding hydrogens is 216 g/mol. The third-order valence-corrected chi connectivity index (χ3v) is 1.55. The van der Waals surface area contributed by atoms with Crippen LogP contribution in [0.25, 0.3) is 0 Å². The van der Waals surface area contributed by atoms with Crippen LogP contribution in [0.3, 0.4) is 0 Å². The number of hydrogen-bond acceptors (Lipinski definition) is 2. The first-order valence-electron chi connectivity index (χ1n) is 4.30. The van der Waals surface area contributed by atoms with Gasteiger partial charge in [0.2, 0.25) is 0 Å². The molecule has 0 fully saturated rings. The molecule has 0 bridgehead atoms. The highest BCUT2D eigenvalue weighted by Crippen LogP contribution is 1.98. The van der Waals surface area contributed by atoms with Crippen molar-refractivity contribution in [3.63, 3.8) is 0 Å². The number of nitrogens with two attached hydrogens (primary N) is 1. The molecule has 0 atom stereocenters. The molecule has 0 saturated carbocycles. The zero-order valence-corrected chi connectivity index (χ0v) is 9.16. The van der Waals surface area contributed by atoms with E-state index in [-0.39, 0.29) is 18.2 Å². The Balaban J connectivity index is 0.00000196. The highest BCUT2D eigenvalue weighted by molar-refractivity contribution is 6.02. The molecule has 5 heteroatoms. The minimum atomic E-state index is -0.658. The summed E-state index contributed by atoms with van der Waals surface area (Å²) >= 11 is 0. The number of aliphatic imine (C=N–C) groups is 1. The molecule has 0 radical (unpaired) electrons. The van der Waals surface area contributed by atoms with Crippen molar-refractivity contribution in [1.29, 1.82) is 0 Å². The Kier molecular flexibility index (Phi) is 6.13. The van der Waals surface area contributed by atoms with Gasteiger partial charge in [0.05, 0.1) is 6.61 Å². The second-order valence-electron chi connectivity index (χ2n) is 2.56. The third-order valence-electron chi connectivity index (χ3n) is 1.55. The second kappa shape index (κ2) is 6.84. The van der Waals surface area contributed by atoms with E-state index in [0.29, 0.717) is 12.2 Å². The lowest BCUT2D eigenvalue weighted by Gasteiger charge is -1.99. The van der Waals surface area contributed by atoms with Gasteiger partial charge >= 0.3 is 6.09 Å². The summed E-state index contributed by atoms with van der Waals surface area (Å²) < 4.78 is 4.63. The van der Waals surface area contributed by atoms with E-state index in [1.54, 1.807) is 19.1 Å². The standard InChI is InChI=1S/C10H12N2O2.ClH/c1-2-14-10(13)12-9(11)8-6-4-3-5-7-8;/h3-7H,2H2,1H3,(H2,11,12,13);1H. The summed E-state index contributed by atoms with van der Waals surface area (Å²) in [6.07, 6.45) is -0.658. The largest absolute Gasteiger partial charge is 0.448 e. The van der Waals surface area contributed by atoms with E-state index in [1.807, 2.05) is 18.2 Å². The summed E-state index contributed by atoms with van der Waals surface area (Å²) in [6.45, 7) is 2.01. The molecule has 0 aliphatic heterocycles. The molecule has 82 valence electrons. The van der Waals surface area contributed by atoms with Gasteiger partial charge in [-0.2, -0.15) is 4.99 Å². The molecule has 0 unspecified atom stereocenters. The summed E-state index contributed by atoms with van der Waals surface area (Å²) in [4.78, 5) is 14.5. The smallest absolute Gasteiger partial charge is 0.435 e. The van der Waals surface area contributed by atoms with Crippen LogP contribution in [-0.4, -0.2) is 18.5 Å². The van der Waals surface area contributed by atoms with Gasteiger partial charge in [-0.3, -0.25) is 0 Å². The van der Waals surface area contributed by atoms with Gasteiger partial charge in [0, 0.05) is 5.56 Å². The highest BCUT2D eigenvalue weighted by Gasteiger charge is 2.01. The number of amidine groups is 1.